The van der Waals surface area contributed by atoms with Gasteiger partial charge in [0.15, 0.2) is 0 Å². The molecule has 3 aromatic carbocycles. The molecular weight excluding hydrogens is 480 g/mol. The Balaban J connectivity index is 1.31. The van der Waals surface area contributed by atoms with Crippen LogP contribution in [0.2, 0.25) is 0 Å². The zero-order chi connectivity index (χ0) is 22.9. The van der Waals surface area contributed by atoms with Crippen molar-refractivity contribution < 1.29 is 9.63 Å². The zero-order valence-corrected chi connectivity index (χ0v) is 20.0. The summed E-state index contributed by atoms with van der Waals surface area (Å²) in [5.74, 6) is -0.223. The molecule has 7 heteroatoms. The van der Waals surface area contributed by atoms with Crippen molar-refractivity contribution in [1.29, 1.82) is 0 Å². The van der Waals surface area contributed by atoms with E-state index in [1.54, 1.807) is 0 Å². The molecule has 0 saturated heterocycles. The van der Waals surface area contributed by atoms with Gasteiger partial charge in [-0.1, -0.05) is 75.7 Å². The van der Waals surface area contributed by atoms with Crippen LogP contribution in [-0.2, 0) is 16.2 Å². The Kier molecular flexibility index (Phi) is 5.72. The number of aromatic nitrogens is 2. The maximum absolute atomic E-state index is 12.9. The van der Waals surface area contributed by atoms with Crippen LogP contribution in [0, 0.1) is 13.8 Å². The van der Waals surface area contributed by atoms with Crippen molar-refractivity contribution in [2.75, 3.05) is 5.32 Å². The van der Waals surface area contributed by atoms with E-state index in [0.29, 0.717) is 13.0 Å². The molecule has 0 saturated carbocycles. The fourth-order valence-electron chi connectivity index (χ4n) is 4.18. The van der Waals surface area contributed by atoms with Crippen molar-refractivity contribution in [3.05, 3.63) is 93.7 Å². The number of fused-ring (bicyclic) bond motifs is 1. The Bertz CT molecular complexity index is 1390. The molecule has 1 atom stereocenters. The van der Waals surface area contributed by atoms with Gasteiger partial charge in [0, 0.05) is 16.5 Å². The minimum absolute atomic E-state index is 0.223. The van der Waals surface area contributed by atoms with Crippen LogP contribution in [0.15, 0.2) is 76.4 Å². The summed E-state index contributed by atoms with van der Waals surface area (Å²) in [6, 6.07) is 22.4. The van der Waals surface area contributed by atoms with E-state index in [0.717, 1.165) is 32.8 Å². The van der Waals surface area contributed by atoms with Crippen LogP contribution in [0.1, 0.15) is 28.9 Å². The van der Waals surface area contributed by atoms with E-state index in [4.69, 9.17) is 9.94 Å². The Morgan fingerprint density at radius 2 is 1.91 bits per heavy atom. The second kappa shape index (κ2) is 8.83. The van der Waals surface area contributed by atoms with Crippen LogP contribution in [0.4, 0.5) is 5.69 Å². The summed E-state index contributed by atoms with van der Waals surface area (Å²) in [5, 5.41) is 14.3. The van der Waals surface area contributed by atoms with Crippen LogP contribution in [0.25, 0.3) is 10.8 Å². The Hall–Kier alpha value is -3.45. The van der Waals surface area contributed by atoms with Crippen LogP contribution in [0.3, 0.4) is 0 Å². The minimum atomic E-state index is -0.667. The van der Waals surface area contributed by atoms with Gasteiger partial charge in [-0.15, -0.1) is 0 Å². The lowest BCUT2D eigenvalue weighted by Gasteiger charge is -2.11. The molecule has 0 spiro atoms. The summed E-state index contributed by atoms with van der Waals surface area (Å²) in [6.45, 7) is 4.50. The van der Waals surface area contributed by atoms with Crippen LogP contribution >= 0.6 is 15.9 Å². The summed E-state index contributed by atoms with van der Waals surface area (Å²) >= 11 is 3.47. The molecule has 33 heavy (non-hydrogen) atoms. The van der Waals surface area contributed by atoms with E-state index in [1.165, 1.54) is 16.3 Å². The summed E-state index contributed by atoms with van der Waals surface area (Å²) in [4.78, 5) is 18.4. The quantitative estimate of drug-likeness (QED) is 0.386. The molecule has 1 aliphatic heterocycles. The molecule has 5 rings (SSSR count). The molecule has 0 radical (unpaired) electrons. The van der Waals surface area contributed by atoms with Gasteiger partial charge in [0.25, 0.3) is 5.91 Å². The number of hydrogen-bond acceptors (Lipinski definition) is 4. The van der Waals surface area contributed by atoms with Crippen molar-refractivity contribution in [3.63, 3.8) is 0 Å². The Morgan fingerprint density at radius 3 is 2.76 bits per heavy atom. The smallest absolute Gasteiger partial charge is 0.268 e. The van der Waals surface area contributed by atoms with Gasteiger partial charge in [-0.05, 0) is 42.3 Å². The number of nitrogens with one attached hydrogen (secondary N) is 1. The summed E-state index contributed by atoms with van der Waals surface area (Å²) in [7, 11) is 0. The van der Waals surface area contributed by atoms with Gasteiger partial charge in [0.2, 0.25) is 6.10 Å². The molecule has 166 valence electrons. The average Bonchev–Trinajstić information content (AvgIpc) is 3.41. The SMILES string of the molecule is Cc1nn(Cc2cccc3ccccc23)c(C)c1NC(=O)C1CC(c2cccc(Br)c2)=NO1. The third-order valence-corrected chi connectivity index (χ3v) is 6.44. The number of rotatable bonds is 5. The third-order valence-electron chi connectivity index (χ3n) is 5.95. The first-order valence-electron chi connectivity index (χ1n) is 10.8. The monoisotopic (exact) mass is 502 g/mol. The standard InChI is InChI=1S/C26H23BrN4O2/c1-16-25(28-26(32)24-14-23(30-33-24)19-9-6-11-21(27)13-19)17(2)31(29-16)15-20-10-5-8-18-7-3-4-12-22(18)20/h3-13,24H,14-15H2,1-2H3,(H,28,32). The number of aryl methyl sites for hydroxylation is 1. The van der Waals surface area contributed by atoms with E-state index in [-0.39, 0.29) is 5.91 Å². The van der Waals surface area contributed by atoms with Crippen molar-refractivity contribution in [2.24, 2.45) is 5.16 Å². The number of benzene rings is 3. The average molecular weight is 503 g/mol. The lowest BCUT2D eigenvalue weighted by Crippen LogP contribution is -2.28. The molecule has 0 aliphatic carbocycles. The molecule has 0 bridgehead atoms. The predicted octanol–water partition coefficient (Wildman–Crippen LogP) is 5.60. The number of oxime groups is 1. The largest absolute Gasteiger partial charge is 0.382 e. The molecule has 6 nitrogen and oxygen atoms in total. The molecule has 1 aromatic heterocycles. The maximum atomic E-state index is 12.9. The summed E-state index contributed by atoms with van der Waals surface area (Å²) < 4.78 is 2.89. The fourth-order valence-corrected chi connectivity index (χ4v) is 4.58. The van der Waals surface area contributed by atoms with Crippen LogP contribution in [0.5, 0.6) is 0 Å². The molecule has 4 aromatic rings. The first kappa shape index (κ1) is 21.4. The van der Waals surface area contributed by atoms with E-state index >= 15 is 0 Å². The van der Waals surface area contributed by atoms with Gasteiger partial charge < -0.3 is 10.2 Å². The van der Waals surface area contributed by atoms with Gasteiger partial charge in [-0.25, -0.2) is 0 Å². The molecule has 1 amide bonds. The molecular formula is C26H23BrN4O2. The van der Waals surface area contributed by atoms with Crippen LogP contribution in [-0.4, -0.2) is 27.5 Å². The first-order valence-corrected chi connectivity index (χ1v) is 11.6. The van der Waals surface area contributed by atoms with Gasteiger partial charge in [0.05, 0.1) is 29.3 Å². The molecule has 2 heterocycles. The van der Waals surface area contributed by atoms with Crippen LogP contribution < -0.4 is 5.32 Å². The molecule has 1 aliphatic rings. The van der Waals surface area contributed by atoms with Gasteiger partial charge in [-0.2, -0.15) is 5.10 Å². The molecule has 1 N–H and O–H groups in total. The predicted molar refractivity (Wildman–Crippen MR) is 134 cm³/mol. The Labute approximate surface area is 200 Å². The number of halogens is 1. The van der Waals surface area contributed by atoms with E-state index < -0.39 is 6.10 Å². The highest BCUT2D eigenvalue weighted by Crippen LogP contribution is 2.25. The van der Waals surface area contributed by atoms with Crippen molar-refractivity contribution in [3.8, 4) is 0 Å². The summed E-state index contributed by atoms with van der Waals surface area (Å²) in [6.07, 6.45) is -0.246. The Morgan fingerprint density at radius 1 is 1.12 bits per heavy atom. The lowest BCUT2D eigenvalue weighted by molar-refractivity contribution is -0.125. The van der Waals surface area contributed by atoms with Crippen molar-refractivity contribution in [2.45, 2.75) is 32.9 Å². The second-order valence-corrected chi connectivity index (χ2v) is 9.09. The van der Waals surface area contributed by atoms with Gasteiger partial charge >= 0.3 is 0 Å². The number of hydrogen-bond donors (Lipinski definition) is 1. The number of nitrogens with zero attached hydrogens (tertiary/aromatic N) is 3. The number of anilines is 1. The van der Waals surface area contributed by atoms with E-state index in [9.17, 15) is 4.79 Å². The maximum Gasteiger partial charge on any atom is 0.268 e. The van der Waals surface area contributed by atoms with Crippen molar-refractivity contribution >= 4 is 44.0 Å². The highest BCUT2D eigenvalue weighted by molar-refractivity contribution is 9.10. The first-order chi connectivity index (χ1) is 16.0. The second-order valence-electron chi connectivity index (χ2n) is 8.18. The number of amides is 1. The zero-order valence-electron chi connectivity index (χ0n) is 18.4. The number of carbonyl (C=O) groups excluding carboxylic acids is 1. The van der Waals surface area contributed by atoms with Gasteiger partial charge in [-0.3, -0.25) is 9.48 Å². The third kappa shape index (κ3) is 4.28. The summed E-state index contributed by atoms with van der Waals surface area (Å²) in [5.41, 5.74) is 5.28. The van der Waals surface area contributed by atoms with Crippen molar-refractivity contribution in [1.82, 2.24) is 9.78 Å². The molecule has 0 fully saturated rings. The number of carbonyl (C=O) groups is 1. The lowest BCUT2D eigenvalue weighted by atomic mass is 10.0. The highest BCUT2D eigenvalue weighted by atomic mass is 79.9. The fraction of sp³-hybridized carbons (Fsp3) is 0.192. The van der Waals surface area contributed by atoms with E-state index in [1.807, 2.05) is 54.9 Å². The minimum Gasteiger partial charge on any atom is -0.382 e. The van der Waals surface area contributed by atoms with Gasteiger partial charge in [0.1, 0.15) is 0 Å². The highest BCUT2D eigenvalue weighted by Gasteiger charge is 2.30. The topological polar surface area (TPSA) is 68.5 Å². The molecule has 1 unspecified atom stereocenters. The normalized spacial score (nSPS) is 15.4. The van der Waals surface area contributed by atoms with E-state index in [2.05, 4.69) is 56.7 Å².